The van der Waals surface area contributed by atoms with Gasteiger partial charge in [-0.1, -0.05) is 23.2 Å². The molecular formula is C20H24Cl2I5N6-. The summed E-state index contributed by atoms with van der Waals surface area (Å²) in [4.78, 5) is 12.9. The van der Waals surface area contributed by atoms with E-state index in [4.69, 9.17) is 34.7 Å². The molecule has 33 heavy (non-hydrogen) atoms. The molecule has 0 fully saturated rings. The zero-order chi connectivity index (χ0) is 25.0. The van der Waals surface area contributed by atoms with E-state index in [-0.39, 0.29) is 0 Å². The fourth-order valence-electron chi connectivity index (χ4n) is 3.21. The summed E-state index contributed by atoms with van der Waals surface area (Å²) in [7, 11) is 4.02. The van der Waals surface area contributed by atoms with Gasteiger partial charge in [0, 0.05) is 60.4 Å². The molecule has 2 aromatic carbocycles. The van der Waals surface area contributed by atoms with Gasteiger partial charge in [0.05, 0.1) is 24.5 Å². The number of rotatable bonds is 0. The number of benzene rings is 2. The van der Waals surface area contributed by atoms with E-state index in [0.717, 1.165) is 45.6 Å². The van der Waals surface area contributed by atoms with Crippen LogP contribution in [0.3, 0.4) is 0 Å². The molecule has 2 heterocycles. The first-order valence-electron chi connectivity index (χ1n) is 9.33. The van der Waals surface area contributed by atoms with Crippen LogP contribution in [0.5, 0.6) is 0 Å². The predicted molar refractivity (Wildman–Crippen MR) is 174 cm³/mol. The van der Waals surface area contributed by atoms with Gasteiger partial charge in [0.15, 0.2) is 0 Å². The number of nitrogens with zero attached hydrogens (tertiary/aromatic N) is 4. The summed E-state index contributed by atoms with van der Waals surface area (Å²) in [5.74, 6) is 1.29. The average Bonchev–Trinajstić information content (AvgIpc) is 2.97. The Hall–Kier alpha value is 1.53. The van der Waals surface area contributed by atoms with Crippen molar-refractivity contribution in [1.82, 2.24) is 9.80 Å². The van der Waals surface area contributed by atoms with E-state index in [1.54, 1.807) is 0 Å². The second-order valence-corrected chi connectivity index (χ2v) is 24.3. The summed E-state index contributed by atoms with van der Waals surface area (Å²) < 4.78 is 0. The molecule has 2 aliphatic rings. The van der Waals surface area contributed by atoms with Crippen molar-refractivity contribution in [1.29, 1.82) is 0 Å². The molecule has 0 aromatic heterocycles. The third kappa shape index (κ3) is 12.6. The second-order valence-electron chi connectivity index (χ2n) is 7.15. The Bertz CT molecular complexity index is 885. The van der Waals surface area contributed by atoms with Crippen molar-refractivity contribution >= 4 is 121 Å². The van der Waals surface area contributed by atoms with Crippen LogP contribution in [0, 0.1) is 0 Å². The molecule has 0 spiro atoms. The molecule has 0 radical (unpaired) electrons. The van der Waals surface area contributed by atoms with Crippen LogP contribution in [0.15, 0.2) is 46.4 Å². The van der Waals surface area contributed by atoms with Crippen molar-refractivity contribution in [2.75, 3.05) is 27.2 Å². The SMILES string of the molecule is CN1CC(N)=Nc2ccc(Cl)cc2C1.CN1CC(N)=Nc2ccc(Cl)cc2C1.II.I[I-]I. The molecule has 0 saturated heterocycles. The maximum absolute atomic E-state index is 5.92. The van der Waals surface area contributed by atoms with Crippen molar-refractivity contribution in [2.45, 2.75) is 13.1 Å². The van der Waals surface area contributed by atoms with Gasteiger partial charge in [-0.15, -0.1) is 0 Å². The van der Waals surface area contributed by atoms with Crippen LogP contribution in [0.1, 0.15) is 11.1 Å². The van der Waals surface area contributed by atoms with E-state index in [2.05, 4.69) is 94.2 Å². The van der Waals surface area contributed by atoms with Crippen molar-refractivity contribution in [2.24, 2.45) is 21.5 Å². The molecule has 2 aromatic rings. The molecule has 6 nitrogen and oxygen atoms in total. The molecule has 4 rings (SSSR count). The first-order valence-corrected chi connectivity index (χ1v) is 28.9. The van der Waals surface area contributed by atoms with Gasteiger partial charge >= 0.3 is 50.5 Å². The van der Waals surface area contributed by atoms with Gasteiger partial charge in [0.25, 0.3) is 0 Å². The van der Waals surface area contributed by atoms with Gasteiger partial charge in [-0.3, -0.25) is 9.80 Å². The standard InChI is InChI=1S/2C10H12ClN3.I3.I2/c2*1-14-5-7-4-8(11)2-3-9(7)13-10(12)6-14;1-3-2;1-2/h2*2-4H,5-6H2,1H3,(H2,12,13);;/q;;-1;. The fourth-order valence-corrected chi connectivity index (χ4v) is 3.60. The summed E-state index contributed by atoms with van der Waals surface area (Å²) in [6.07, 6.45) is 0. The molecule has 0 aliphatic carbocycles. The number of amidine groups is 2. The van der Waals surface area contributed by atoms with Crippen molar-refractivity contribution in [3.05, 3.63) is 57.6 Å². The van der Waals surface area contributed by atoms with Crippen LogP contribution in [0.4, 0.5) is 11.4 Å². The quantitative estimate of drug-likeness (QED) is 0.390. The van der Waals surface area contributed by atoms with Gasteiger partial charge in [-0.25, -0.2) is 9.98 Å². The summed E-state index contributed by atoms with van der Waals surface area (Å²) >= 11 is 21.4. The molecule has 2 aliphatic heterocycles. The minimum absolute atomic E-state index is 0.530. The summed E-state index contributed by atoms with van der Waals surface area (Å²) in [6, 6.07) is 11.4. The average molecular weight is 1050 g/mol. The van der Waals surface area contributed by atoms with Crippen molar-refractivity contribution < 1.29 is 13.3 Å². The number of hydrogen-bond donors (Lipinski definition) is 2. The number of nitrogens with two attached hydrogens (primary N) is 2. The number of halogens is 7. The van der Waals surface area contributed by atoms with E-state index < -0.39 is 0 Å². The minimum atomic E-state index is 0.530. The Morgan fingerprint density at radius 2 is 1.09 bits per heavy atom. The first kappa shape index (κ1) is 32.6. The van der Waals surface area contributed by atoms with Gasteiger partial charge in [-0.05, 0) is 61.6 Å². The van der Waals surface area contributed by atoms with Crippen LogP contribution < -0.4 is 24.7 Å². The molecular weight excluding hydrogens is 1030 g/mol. The van der Waals surface area contributed by atoms with E-state index in [1.165, 1.54) is 0 Å². The molecule has 0 amide bonds. The Morgan fingerprint density at radius 3 is 1.42 bits per heavy atom. The summed E-state index contributed by atoms with van der Waals surface area (Å²) in [5.41, 5.74) is 15.6. The van der Waals surface area contributed by atoms with Crippen molar-refractivity contribution in [3.63, 3.8) is 0 Å². The van der Waals surface area contributed by atoms with Crippen LogP contribution in [-0.2, 0) is 13.1 Å². The Morgan fingerprint density at radius 1 is 0.758 bits per heavy atom. The van der Waals surface area contributed by atoms with Gasteiger partial charge in [0.2, 0.25) is 0 Å². The number of aliphatic imine (C=N–C) groups is 2. The Balaban J connectivity index is 0.000000277. The Kier molecular flexibility index (Phi) is 17.7. The molecule has 4 N–H and O–H groups in total. The topological polar surface area (TPSA) is 83.2 Å². The maximum atomic E-state index is 5.92. The number of fused-ring (bicyclic) bond motifs is 2. The summed E-state index contributed by atoms with van der Waals surface area (Å²) in [6.45, 7) is 3.07. The Labute approximate surface area is 259 Å². The number of hydrogen-bond acceptors (Lipinski definition) is 6. The zero-order valence-corrected chi connectivity index (χ0v) is 30.2. The van der Waals surface area contributed by atoms with Gasteiger partial charge < -0.3 is 11.5 Å². The van der Waals surface area contributed by atoms with Crippen LogP contribution in [0.25, 0.3) is 0 Å². The predicted octanol–water partition coefficient (Wildman–Crippen LogP) is 4.10. The van der Waals surface area contributed by atoms with E-state index in [0.29, 0.717) is 38.0 Å². The molecule has 13 heteroatoms. The van der Waals surface area contributed by atoms with Crippen LogP contribution >= 0.6 is 97.7 Å². The number of likely N-dealkylation sites (N-methyl/N-ethyl adjacent to an activating group) is 2. The molecule has 0 saturated carbocycles. The van der Waals surface area contributed by atoms with Gasteiger partial charge in [0.1, 0.15) is 11.7 Å². The third-order valence-electron chi connectivity index (χ3n) is 4.36. The monoisotopic (exact) mass is 1050 g/mol. The van der Waals surface area contributed by atoms with Crippen LogP contribution in [-0.4, -0.2) is 48.7 Å². The molecule has 184 valence electrons. The van der Waals surface area contributed by atoms with Gasteiger partial charge in [-0.2, -0.15) is 0 Å². The van der Waals surface area contributed by atoms with Crippen LogP contribution in [0.2, 0.25) is 10.0 Å². The van der Waals surface area contributed by atoms with E-state index in [9.17, 15) is 0 Å². The molecule has 0 atom stereocenters. The van der Waals surface area contributed by atoms with Crippen molar-refractivity contribution in [3.8, 4) is 0 Å². The fraction of sp³-hybridized carbons (Fsp3) is 0.300. The zero-order valence-electron chi connectivity index (χ0n) is 17.9. The third-order valence-corrected chi connectivity index (χ3v) is 4.83. The molecule has 0 unspecified atom stereocenters. The second kappa shape index (κ2) is 17.9. The molecule has 0 bridgehead atoms. The first-order chi connectivity index (χ1) is 15.7. The van der Waals surface area contributed by atoms with E-state index >= 15 is 0 Å². The van der Waals surface area contributed by atoms with E-state index in [1.807, 2.05) is 50.5 Å². The summed E-state index contributed by atoms with van der Waals surface area (Å²) in [5, 5.41) is 1.49. The normalized spacial score (nSPS) is 15.4.